The summed E-state index contributed by atoms with van der Waals surface area (Å²) in [4.78, 5) is 25.1. The van der Waals surface area contributed by atoms with Crippen molar-refractivity contribution in [1.29, 1.82) is 0 Å². The van der Waals surface area contributed by atoms with Gasteiger partial charge in [-0.1, -0.05) is 5.16 Å². The molecule has 0 spiro atoms. The van der Waals surface area contributed by atoms with Crippen molar-refractivity contribution < 1.29 is 18.8 Å². The monoisotopic (exact) mass is 279 g/mol. The second-order valence-electron chi connectivity index (χ2n) is 5.30. The molecule has 1 aliphatic carbocycles. The number of aromatic nitrogens is 1. The number of cyclic esters (lactones) is 1. The molecular formula is C13H17N3O4. The van der Waals surface area contributed by atoms with E-state index in [9.17, 15) is 9.59 Å². The molecule has 0 radical (unpaired) electrons. The summed E-state index contributed by atoms with van der Waals surface area (Å²) in [5.74, 6) is 0.525. The maximum absolute atomic E-state index is 11.7. The minimum absolute atomic E-state index is 0.153. The van der Waals surface area contributed by atoms with Crippen LogP contribution < -0.4 is 5.32 Å². The Morgan fingerprint density at radius 1 is 1.55 bits per heavy atom. The molecule has 1 aliphatic heterocycles. The lowest BCUT2D eigenvalue weighted by Crippen LogP contribution is -2.35. The van der Waals surface area contributed by atoms with Crippen molar-refractivity contribution in [3.8, 4) is 0 Å². The van der Waals surface area contributed by atoms with Crippen molar-refractivity contribution in [2.24, 2.45) is 0 Å². The number of carbonyl (C=O) groups is 2. The number of aryl methyl sites for hydroxylation is 1. The summed E-state index contributed by atoms with van der Waals surface area (Å²) >= 11 is 0. The first-order chi connectivity index (χ1) is 9.61. The van der Waals surface area contributed by atoms with Crippen molar-refractivity contribution in [2.45, 2.75) is 38.3 Å². The molecule has 1 aromatic rings. The number of rotatable bonds is 5. The second-order valence-corrected chi connectivity index (χ2v) is 5.30. The lowest BCUT2D eigenvalue weighted by atomic mass is 10.2. The van der Waals surface area contributed by atoms with E-state index in [-0.39, 0.29) is 24.5 Å². The Balaban J connectivity index is 1.43. The molecule has 2 fully saturated rings. The van der Waals surface area contributed by atoms with Gasteiger partial charge in [-0.15, -0.1) is 0 Å². The van der Waals surface area contributed by atoms with Crippen LogP contribution in [0.1, 0.15) is 24.3 Å². The van der Waals surface area contributed by atoms with Crippen LogP contribution in [0.15, 0.2) is 10.6 Å². The summed E-state index contributed by atoms with van der Waals surface area (Å²) in [5.41, 5.74) is 0.600. The lowest BCUT2D eigenvalue weighted by Gasteiger charge is -2.11. The average Bonchev–Trinajstić information content (AvgIpc) is 3.07. The summed E-state index contributed by atoms with van der Waals surface area (Å²) in [6.45, 7) is 2.68. The summed E-state index contributed by atoms with van der Waals surface area (Å²) in [6, 6.07) is 2.07. The zero-order chi connectivity index (χ0) is 14.1. The zero-order valence-corrected chi connectivity index (χ0v) is 11.3. The minimum atomic E-state index is -0.265. The van der Waals surface area contributed by atoms with Crippen LogP contribution in [0.4, 0.5) is 4.79 Å². The molecule has 1 atom stereocenters. The Hall–Kier alpha value is -2.05. The highest BCUT2D eigenvalue weighted by Crippen LogP contribution is 2.30. The van der Waals surface area contributed by atoms with Gasteiger partial charge < -0.3 is 19.5 Å². The predicted octanol–water partition coefficient (Wildman–Crippen LogP) is 0.625. The first-order valence-corrected chi connectivity index (χ1v) is 6.78. The maximum Gasteiger partial charge on any atom is 0.410 e. The van der Waals surface area contributed by atoms with Crippen molar-refractivity contribution in [3.05, 3.63) is 17.5 Å². The number of hydrogen-bond donors (Lipinski definition) is 1. The minimum Gasteiger partial charge on any atom is -0.442 e. The maximum atomic E-state index is 11.7. The molecule has 108 valence electrons. The summed E-state index contributed by atoms with van der Waals surface area (Å²) < 4.78 is 10.1. The topological polar surface area (TPSA) is 84.7 Å². The van der Waals surface area contributed by atoms with Crippen LogP contribution in [0.3, 0.4) is 0 Å². The molecular weight excluding hydrogens is 262 g/mol. The van der Waals surface area contributed by atoms with E-state index in [0.29, 0.717) is 30.6 Å². The molecule has 2 amide bonds. The van der Waals surface area contributed by atoms with Gasteiger partial charge in [0.25, 0.3) is 0 Å². The smallest absolute Gasteiger partial charge is 0.410 e. The van der Waals surface area contributed by atoms with E-state index in [1.165, 1.54) is 0 Å². The fourth-order valence-corrected chi connectivity index (χ4v) is 2.29. The molecule has 1 saturated heterocycles. The van der Waals surface area contributed by atoms with Gasteiger partial charge in [0.1, 0.15) is 11.9 Å². The number of nitrogens with zero attached hydrogens (tertiary/aromatic N) is 2. The van der Waals surface area contributed by atoms with Gasteiger partial charge in [-0.05, 0) is 19.8 Å². The molecule has 0 aromatic carbocycles. The quantitative estimate of drug-likeness (QED) is 0.854. The third-order valence-electron chi connectivity index (χ3n) is 3.44. The van der Waals surface area contributed by atoms with E-state index in [2.05, 4.69) is 10.5 Å². The van der Waals surface area contributed by atoms with Crippen LogP contribution in [0.5, 0.6) is 0 Å². The van der Waals surface area contributed by atoms with Gasteiger partial charge in [0.2, 0.25) is 5.91 Å². The van der Waals surface area contributed by atoms with E-state index in [0.717, 1.165) is 12.8 Å². The Kier molecular flexibility index (Phi) is 3.33. The van der Waals surface area contributed by atoms with Crippen LogP contribution in [-0.2, 0) is 16.0 Å². The Morgan fingerprint density at radius 2 is 2.35 bits per heavy atom. The van der Waals surface area contributed by atoms with Crippen LogP contribution in [0, 0.1) is 6.92 Å². The van der Waals surface area contributed by atoms with Crippen molar-refractivity contribution in [2.75, 3.05) is 13.1 Å². The standard InChI is InChI=1S/C13H17N3O4/c1-8-4-9(15-20-8)5-12(17)14-6-11-7-16(10-2-3-10)13(18)19-11/h4,10-11H,2-3,5-7H2,1H3,(H,14,17). The largest absolute Gasteiger partial charge is 0.442 e. The van der Waals surface area contributed by atoms with Gasteiger partial charge in [0.15, 0.2) is 0 Å². The Morgan fingerprint density at radius 3 is 3.00 bits per heavy atom. The highest BCUT2D eigenvalue weighted by Gasteiger charge is 2.40. The van der Waals surface area contributed by atoms with Crippen molar-refractivity contribution >= 4 is 12.0 Å². The molecule has 1 N–H and O–H groups in total. The molecule has 2 aliphatic rings. The molecule has 1 saturated carbocycles. The first-order valence-electron chi connectivity index (χ1n) is 6.78. The Labute approximate surface area is 116 Å². The Bertz CT molecular complexity index is 523. The average molecular weight is 279 g/mol. The number of amides is 2. The molecule has 3 rings (SSSR count). The summed E-state index contributed by atoms with van der Waals surface area (Å²) in [5, 5.41) is 6.52. The molecule has 7 nitrogen and oxygen atoms in total. The van der Waals surface area contributed by atoms with Gasteiger partial charge in [0, 0.05) is 12.1 Å². The molecule has 0 bridgehead atoms. The highest BCUT2D eigenvalue weighted by molar-refractivity contribution is 5.78. The predicted molar refractivity (Wildman–Crippen MR) is 68.0 cm³/mol. The normalized spacial score (nSPS) is 21.9. The van der Waals surface area contributed by atoms with E-state index in [4.69, 9.17) is 9.26 Å². The van der Waals surface area contributed by atoms with Crippen molar-refractivity contribution in [3.63, 3.8) is 0 Å². The van der Waals surface area contributed by atoms with Gasteiger partial charge in [-0.3, -0.25) is 4.79 Å². The van der Waals surface area contributed by atoms with Gasteiger partial charge in [0.05, 0.1) is 25.2 Å². The SMILES string of the molecule is Cc1cc(CC(=O)NCC2CN(C3CC3)C(=O)O2)no1. The van der Waals surface area contributed by atoms with Crippen molar-refractivity contribution in [1.82, 2.24) is 15.4 Å². The zero-order valence-electron chi connectivity index (χ0n) is 11.3. The van der Waals surface area contributed by atoms with E-state index < -0.39 is 0 Å². The van der Waals surface area contributed by atoms with E-state index in [1.807, 2.05) is 0 Å². The van der Waals surface area contributed by atoms with Gasteiger partial charge >= 0.3 is 6.09 Å². The lowest BCUT2D eigenvalue weighted by molar-refractivity contribution is -0.120. The summed E-state index contributed by atoms with van der Waals surface area (Å²) in [7, 11) is 0. The number of nitrogens with one attached hydrogen (secondary N) is 1. The molecule has 20 heavy (non-hydrogen) atoms. The molecule has 7 heteroatoms. The fourth-order valence-electron chi connectivity index (χ4n) is 2.29. The third kappa shape index (κ3) is 2.92. The number of hydrogen-bond acceptors (Lipinski definition) is 5. The number of carbonyl (C=O) groups excluding carboxylic acids is 2. The van der Waals surface area contributed by atoms with Gasteiger partial charge in [-0.2, -0.15) is 0 Å². The third-order valence-corrected chi connectivity index (χ3v) is 3.44. The van der Waals surface area contributed by atoms with Crippen LogP contribution in [0.25, 0.3) is 0 Å². The van der Waals surface area contributed by atoms with E-state index >= 15 is 0 Å². The fraction of sp³-hybridized carbons (Fsp3) is 0.615. The highest BCUT2D eigenvalue weighted by atomic mass is 16.6. The van der Waals surface area contributed by atoms with E-state index in [1.54, 1.807) is 17.9 Å². The second kappa shape index (κ2) is 5.15. The number of ether oxygens (including phenoxy) is 1. The van der Waals surface area contributed by atoms with Crippen LogP contribution in [0.2, 0.25) is 0 Å². The molecule has 1 unspecified atom stereocenters. The van der Waals surface area contributed by atoms with Crippen LogP contribution >= 0.6 is 0 Å². The summed E-state index contributed by atoms with van der Waals surface area (Å²) in [6.07, 6.45) is 1.76. The molecule has 1 aromatic heterocycles. The van der Waals surface area contributed by atoms with Gasteiger partial charge in [-0.25, -0.2) is 4.79 Å². The first kappa shape index (κ1) is 13.0. The molecule has 2 heterocycles. The van der Waals surface area contributed by atoms with Crippen LogP contribution in [-0.4, -0.2) is 47.3 Å².